The van der Waals surface area contributed by atoms with E-state index in [2.05, 4.69) is 9.72 Å². The highest BCUT2D eigenvalue weighted by molar-refractivity contribution is 7.15. The Morgan fingerprint density at radius 2 is 2.19 bits per heavy atom. The van der Waals surface area contributed by atoms with Crippen LogP contribution >= 0.6 is 22.9 Å². The summed E-state index contributed by atoms with van der Waals surface area (Å²) in [6.45, 7) is -1.12. The number of esters is 1. The third kappa shape index (κ3) is 3.51. The molecule has 3 aromatic rings. The van der Waals surface area contributed by atoms with Crippen LogP contribution in [0.15, 0.2) is 30.6 Å². The van der Waals surface area contributed by atoms with Crippen molar-refractivity contribution in [2.24, 2.45) is 0 Å². The molecule has 3 aromatic heterocycles. The molecule has 0 atom stereocenters. The van der Waals surface area contributed by atoms with E-state index in [1.165, 1.54) is 21.4 Å². The Hall–Kier alpha value is -2.59. The number of nitrogens with zero attached hydrogens (tertiary/aromatic N) is 3. The van der Waals surface area contributed by atoms with E-state index in [4.69, 9.17) is 11.6 Å². The summed E-state index contributed by atoms with van der Waals surface area (Å²) in [5, 5.41) is 10.4. The van der Waals surface area contributed by atoms with Gasteiger partial charge >= 0.3 is 17.6 Å². The zero-order valence-corrected chi connectivity index (χ0v) is 14.5. The van der Waals surface area contributed by atoms with Gasteiger partial charge in [-0.1, -0.05) is 17.7 Å². The van der Waals surface area contributed by atoms with Gasteiger partial charge in [0.05, 0.1) is 11.1 Å². The first-order valence-electron chi connectivity index (χ1n) is 7.20. The second-order valence-electron chi connectivity index (χ2n) is 5.09. The summed E-state index contributed by atoms with van der Waals surface area (Å²) < 4.78 is 31.6. The Balaban J connectivity index is 2.05. The number of hydrogen-bond acceptors (Lipinski definition) is 6. The van der Waals surface area contributed by atoms with E-state index in [9.17, 15) is 23.5 Å². The first kappa shape index (κ1) is 18.2. The summed E-state index contributed by atoms with van der Waals surface area (Å²) in [6, 6.07) is 4.90. The predicted molar refractivity (Wildman–Crippen MR) is 86.8 cm³/mol. The van der Waals surface area contributed by atoms with Gasteiger partial charge in [-0.3, -0.25) is 4.79 Å². The molecule has 0 aromatic carbocycles. The van der Waals surface area contributed by atoms with Crippen LogP contribution in [0.2, 0.25) is 4.47 Å². The molecule has 0 fully saturated rings. The van der Waals surface area contributed by atoms with Crippen molar-refractivity contribution in [3.05, 3.63) is 45.6 Å². The Bertz CT molecular complexity index is 989. The van der Waals surface area contributed by atoms with Crippen LogP contribution in [-0.4, -0.2) is 39.4 Å². The van der Waals surface area contributed by atoms with Gasteiger partial charge in [0.2, 0.25) is 0 Å². The van der Waals surface area contributed by atoms with Crippen molar-refractivity contribution in [1.82, 2.24) is 9.55 Å². The van der Waals surface area contributed by atoms with Gasteiger partial charge in [-0.15, -0.1) is 11.3 Å². The Morgan fingerprint density at radius 1 is 1.42 bits per heavy atom. The third-order valence-electron chi connectivity index (χ3n) is 3.41. The van der Waals surface area contributed by atoms with Gasteiger partial charge in [-0.2, -0.15) is 4.40 Å². The zero-order valence-electron chi connectivity index (χ0n) is 12.9. The number of rotatable bonds is 6. The van der Waals surface area contributed by atoms with Crippen molar-refractivity contribution in [3.8, 4) is 5.88 Å². The van der Waals surface area contributed by atoms with Crippen LogP contribution < -0.4 is 4.40 Å². The number of imidazole rings is 1. The lowest BCUT2D eigenvalue weighted by Crippen LogP contribution is -2.23. The number of fused-ring (bicyclic) bond motifs is 1. The van der Waals surface area contributed by atoms with Gasteiger partial charge in [0.1, 0.15) is 6.54 Å². The molecule has 3 heterocycles. The maximum atomic E-state index is 12.4. The van der Waals surface area contributed by atoms with Crippen LogP contribution in [0.3, 0.4) is 0 Å². The van der Waals surface area contributed by atoms with E-state index in [1.54, 1.807) is 18.2 Å². The molecule has 0 aliphatic rings. The smallest absolute Gasteiger partial charge is 0.384 e. The van der Waals surface area contributed by atoms with E-state index in [0.29, 0.717) is 10.5 Å². The van der Waals surface area contributed by atoms with Crippen LogP contribution in [0.4, 0.5) is 8.78 Å². The number of halogens is 3. The number of carbonyl (C=O) groups excluding carboxylic acids is 2. The van der Waals surface area contributed by atoms with Crippen molar-refractivity contribution in [1.29, 1.82) is 0 Å². The minimum absolute atomic E-state index is 0.0850. The zero-order chi connectivity index (χ0) is 18.8. The number of thiazole rings is 1. The van der Waals surface area contributed by atoms with Crippen molar-refractivity contribution >= 4 is 40.3 Å². The van der Waals surface area contributed by atoms with Gasteiger partial charge in [-0.05, 0) is 6.07 Å². The SMILES string of the molecule is O=C(OCC(F)F)C(=O)c1c(O)[n+]2ccccc2n1Cc1cnc(Cl)s1. The lowest BCUT2D eigenvalue weighted by molar-refractivity contribution is -0.521. The lowest BCUT2D eigenvalue weighted by atomic mass is 10.3. The molecule has 0 aliphatic carbocycles. The molecule has 0 unspecified atom stereocenters. The summed E-state index contributed by atoms with van der Waals surface area (Å²) in [7, 11) is 0. The van der Waals surface area contributed by atoms with Crippen molar-refractivity contribution < 1.29 is 32.6 Å². The maximum Gasteiger partial charge on any atom is 0.384 e. The molecule has 0 saturated carbocycles. The monoisotopic (exact) mass is 402 g/mol. The molecule has 0 amide bonds. The standard InChI is InChI=1S/C15H10ClF2N3O4S/c16-15-19-5-8(26-15)6-21-10-3-1-2-4-20(10)13(23)11(21)12(22)14(24)25-7-9(17)18/h1-5,9H,6-7H2/p+1. The molecule has 1 N–H and O–H groups in total. The van der Waals surface area contributed by atoms with Crippen LogP contribution in [0, 0.1) is 0 Å². The quantitative estimate of drug-likeness (QED) is 0.295. The summed E-state index contributed by atoms with van der Waals surface area (Å²) in [4.78, 5) is 28.8. The number of Topliss-reactive ketones (excluding diaryl/α,β-unsaturated/α-hetero) is 1. The highest BCUT2D eigenvalue weighted by atomic mass is 35.5. The maximum absolute atomic E-state index is 12.4. The number of ether oxygens (including phenoxy) is 1. The molecular formula is C15H11ClF2N3O4S+. The number of aromatic hydroxyl groups is 1. The third-order valence-corrected chi connectivity index (χ3v) is 4.50. The number of alkyl halides is 2. The molecular weight excluding hydrogens is 392 g/mol. The molecule has 0 bridgehead atoms. The number of carbonyl (C=O) groups is 2. The van der Waals surface area contributed by atoms with Gasteiger partial charge < -0.3 is 9.84 Å². The highest BCUT2D eigenvalue weighted by Gasteiger charge is 2.36. The number of aromatic nitrogens is 3. The van der Waals surface area contributed by atoms with E-state index in [0.717, 1.165) is 11.3 Å². The normalized spacial score (nSPS) is 11.2. The van der Waals surface area contributed by atoms with Crippen LogP contribution in [-0.2, 0) is 16.1 Å². The molecule has 136 valence electrons. The second-order valence-corrected chi connectivity index (χ2v) is 6.78. The second kappa shape index (κ2) is 7.34. The lowest BCUT2D eigenvalue weighted by Gasteiger charge is -2.03. The van der Waals surface area contributed by atoms with E-state index in [-0.39, 0.29) is 16.7 Å². The average molecular weight is 403 g/mol. The molecule has 26 heavy (non-hydrogen) atoms. The summed E-state index contributed by atoms with van der Waals surface area (Å²) in [5.74, 6) is -3.22. The molecule has 7 nitrogen and oxygen atoms in total. The van der Waals surface area contributed by atoms with Crippen molar-refractivity contribution in [3.63, 3.8) is 0 Å². The topological polar surface area (TPSA) is 85.5 Å². The minimum atomic E-state index is -2.90. The predicted octanol–water partition coefficient (Wildman–Crippen LogP) is 2.08. The number of ketones is 1. The van der Waals surface area contributed by atoms with Gasteiger partial charge in [0.15, 0.2) is 11.1 Å². The molecule has 0 radical (unpaired) electrons. The Labute approximate surface area is 154 Å². The first-order valence-corrected chi connectivity index (χ1v) is 8.39. The summed E-state index contributed by atoms with van der Waals surface area (Å²) in [5.41, 5.74) is 0.0273. The van der Waals surface area contributed by atoms with E-state index in [1.807, 2.05) is 0 Å². The fourth-order valence-corrected chi connectivity index (χ4v) is 3.35. The average Bonchev–Trinajstić information content (AvgIpc) is 3.14. The van der Waals surface area contributed by atoms with Gasteiger partial charge in [-0.25, -0.2) is 23.1 Å². The largest absolute Gasteiger partial charge is 0.474 e. The first-order chi connectivity index (χ1) is 12.4. The van der Waals surface area contributed by atoms with Gasteiger partial charge in [0.25, 0.3) is 17.8 Å². The molecule has 0 spiro atoms. The number of hydrogen-bond donors (Lipinski definition) is 1. The van der Waals surface area contributed by atoms with Gasteiger partial charge in [0, 0.05) is 12.3 Å². The van der Waals surface area contributed by atoms with Crippen molar-refractivity contribution in [2.75, 3.05) is 6.61 Å². The Kier molecular flexibility index (Phi) is 5.14. The molecule has 3 rings (SSSR count). The van der Waals surface area contributed by atoms with E-state index >= 15 is 0 Å². The molecule has 0 saturated heterocycles. The minimum Gasteiger partial charge on any atom is -0.474 e. The van der Waals surface area contributed by atoms with E-state index < -0.39 is 30.7 Å². The molecule has 11 heteroatoms. The van der Waals surface area contributed by atoms with Crippen LogP contribution in [0.1, 0.15) is 15.4 Å². The highest BCUT2D eigenvalue weighted by Crippen LogP contribution is 2.24. The fourth-order valence-electron chi connectivity index (χ4n) is 2.38. The summed E-state index contributed by atoms with van der Waals surface area (Å²) >= 11 is 6.96. The molecule has 0 aliphatic heterocycles. The number of pyridine rings is 1. The van der Waals surface area contributed by atoms with Crippen LogP contribution in [0.25, 0.3) is 5.65 Å². The van der Waals surface area contributed by atoms with Crippen molar-refractivity contribution in [2.45, 2.75) is 13.0 Å². The van der Waals surface area contributed by atoms with Crippen LogP contribution in [0.5, 0.6) is 5.88 Å². The summed E-state index contributed by atoms with van der Waals surface area (Å²) in [6.07, 6.45) is 0.0782. The Morgan fingerprint density at radius 3 is 2.85 bits per heavy atom. The fraction of sp³-hybridized carbons (Fsp3) is 0.200.